The molecule has 2 aromatic rings. The number of carbonyl (C=O) groups is 1. The lowest BCUT2D eigenvalue weighted by atomic mass is 10.0. The summed E-state index contributed by atoms with van der Waals surface area (Å²) >= 11 is 0. The van der Waals surface area contributed by atoms with Crippen molar-refractivity contribution in [1.82, 2.24) is 15.5 Å². The lowest BCUT2D eigenvalue weighted by molar-refractivity contribution is 0.0948. The molecule has 1 aliphatic carbocycles. The second-order valence-corrected chi connectivity index (χ2v) is 6.60. The zero-order valence-corrected chi connectivity index (χ0v) is 14.3. The molecular weight excluding hydrogens is 306 g/mol. The Labute approximate surface area is 141 Å². The van der Waals surface area contributed by atoms with Crippen LogP contribution in [0.3, 0.4) is 0 Å². The summed E-state index contributed by atoms with van der Waals surface area (Å²) in [5.41, 5.74) is 2.06. The van der Waals surface area contributed by atoms with Gasteiger partial charge < -0.3 is 14.6 Å². The molecule has 2 heterocycles. The number of ether oxygens (including phenoxy) is 1. The van der Waals surface area contributed by atoms with Crippen LogP contribution in [-0.4, -0.2) is 22.7 Å². The van der Waals surface area contributed by atoms with Gasteiger partial charge >= 0.3 is 0 Å². The smallest absolute Gasteiger partial charge is 0.257 e. The molecule has 1 aliphatic rings. The molecular formula is C18H23N3O3. The van der Waals surface area contributed by atoms with E-state index < -0.39 is 0 Å². The van der Waals surface area contributed by atoms with E-state index in [1.54, 1.807) is 13.1 Å². The van der Waals surface area contributed by atoms with Crippen molar-refractivity contribution < 1.29 is 14.1 Å². The summed E-state index contributed by atoms with van der Waals surface area (Å²) in [4.78, 5) is 16.7. The average Bonchev–Trinajstić information content (AvgIpc) is 3.32. The molecule has 0 atom stereocenters. The van der Waals surface area contributed by atoms with Crippen LogP contribution in [-0.2, 0) is 6.54 Å². The van der Waals surface area contributed by atoms with Crippen molar-refractivity contribution in [3.05, 3.63) is 40.9 Å². The fourth-order valence-corrected chi connectivity index (χ4v) is 2.42. The van der Waals surface area contributed by atoms with Gasteiger partial charge in [0.25, 0.3) is 5.91 Å². The van der Waals surface area contributed by atoms with Gasteiger partial charge in [-0.3, -0.25) is 4.79 Å². The van der Waals surface area contributed by atoms with E-state index in [4.69, 9.17) is 9.26 Å². The van der Waals surface area contributed by atoms with Crippen molar-refractivity contribution >= 4 is 5.91 Å². The summed E-state index contributed by atoms with van der Waals surface area (Å²) in [7, 11) is 0. The van der Waals surface area contributed by atoms with Gasteiger partial charge in [-0.2, -0.15) is 0 Å². The summed E-state index contributed by atoms with van der Waals surface area (Å²) in [5.74, 6) is 1.89. The monoisotopic (exact) mass is 329 g/mol. The van der Waals surface area contributed by atoms with E-state index in [0.29, 0.717) is 35.4 Å². The Bertz CT molecular complexity index is 703. The summed E-state index contributed by atoms with van der Waals surface area (Å²) in [6, 6.07) is 3.76. The Morgan fingerprint density at radius 1 is 1.42 bits per heavy atom. The molecule has 24 heavy (non-hydrogen) atoms. The predicted octanol–water partition coefficient (Wildman–Crippen LogP) is 3.22. The maximum atomic E-state index is 12.4. The van der Waals surface area contributed by atoms with E-state index in [1.807, 2.05) is 26.0 Å². The van der Waals surface area contributed by atoms with Crippen LogP contribution in [0, 0.1) is 12.8 Å². The number of pyridine rings is 1. The molecule has 0 saturated heterocycles. The number of hydrogen-bond acceptors (Lipinski definition) is 5. The Morgan fingerprint density at radius 3 is 2.83 bits per heavy atom. The van der Waals surface area contributed by atoms with Crippen LogP contribution < -0.4 is 10.1 Å². The zero-order chi connectivity index (χ0) is 17.1. The van der Waals surface area contributed by atoms with Crippen molar-refractivity contribution in [2.45, 2.75) is 46.1 Å². The maximum Gasteiger partial charge on any atom is 0.257 e. The minimum atomic E-state index is -0.175. The fraction of sp³-hybridized carbons (Fsp3) is 0.500. The highest BCUT2D eigenvalue weighted by Gasteiger charge is 2.23. The fourth-order valence-electron chi connectivity index (χ4n) is 2.42. The van der Waals surface area contributed by atoms with Crippen LogP contribution in [0.5, 0.6) is 5.88 Å². The van der Waals surface area contributed by atoms with Gasteiger partial charge in [0.1, 0.15) is 5.56 Å². The normalized spacial score (nSPS) is 14.0. The minimum absolute atomic E-state index is 0.108. The zero-order valence-electron chi connectivity index (χ0n) is 14.3. The quantitative estimate of drug-likeness (QED) is 0.844. The number of nitrogens with zero attached hydrogens (tertiary/aromatic N) is 2. The number of amides is 1. The first-order valence-corrected chi connectivity index (χ1v) is 8.36. The molecule has 0 spiro atoms. The molecule has 6 heteroatoms. The summed E-state index contributed by atoms with van der Waals surface area (Å²) in [6.07, 6.45) is 4.24. The molecule has 0 radical (unpaired) electrons. The van der Waals surface area contributed by atoms with Crippen molar-refractivity contribution in [3.63, 3.8) is 0 Å². The third-order valence-electron chi connectivity index (χ3n) is 4.06. The Kier molecular flexibility index (Phi) is 4.83. The molecule has 1 N–H and O–H groups in total. The predicted molar refractivity (Wildman–Crippen MR) is 89.0 cm³/mol. The van der Waals surface area contributed by atoms with Gasteiger partial charge in [0.15, 0.2) is 5.76 Å². The van der Waals surface area contributed by atoms with E-state index >= 15 is 0 Å². The van der Waals surface area contributed by atoms with Gasteiger partial charge in [-0.15, -0.1) is 0 Å². The topological polar surface area (TPSA) is 77.2 Å². The Hall–Kier alpha value is -2.37. The number of aryl methyl sites for hydroxylation is 1. The molecule has 0 aliphatic heterocycles. The molecule has 0 unspecified atom stereocenters. The summed E-state index contributed by atoms with van der Waals surface area (Å²) in [6.45, 7) is 6.87. The molecule has 128 valence electrons. The number of aromatic nitrogens is 2. The minimum Gasteiger partial charge on any atom is -0.477 e. The van der Waals surface area contributed by atoms with E-state index in [2.05, 4.69) is 15.5 Å². The van der Waals surface area contributed by atoms with E-state index in [1.165, 1.54) is 12.8 Å². The molecule has 3 rings (SSSR count). The number of carbonyl (C=O) groups excluding carboxylic acids is 1. The largest absolute Gasteiger partial charge is 0.477 e. The first-order valence-electron chi connectivity index (χ1n) is 8.36. The van der Waals surface area contributed by atoms with Crippen molar-refractivity contribution in [2.75, 3.05) is 6.61 Å². The van der Waals surface area contributed by atoms with Gasteiger partial charge in [-0.1, -0.05) is 25.1 Å². The van der Waals surface area contributed by atoms with Gasteiger partial charge in [-0.25, -0.2) is 4.98 Å². The lowest BCUT2D eigenvalue weighted by Crippen LogP contribution is -2.24. The van der Waals surface area contributed by atoms with Crippen molar-refractivity contribution in [1.29, 1.82) is 0 Å². The Morgan fingerprint density at radius 2 is 2.21 bits per heavy atom. The van der Waals surface area contributed by atoms with E-state index in [0.717, 1.165) is 12.2 Å². The van der Waals surface area contributed by atoms with Crippen LogP contribution in [0.15, 0.2) is 22.9 Å². The highest BCUT2D eigenvalue weighted by Crippen LogP contribution is 2.29. The van der Waals surface area contributed by atoms with Gasteiger partial charge in [0.05, 0.1) is 12.3 Å². The van der Waals surface area contributed by atoms with Crippen LogP contribution in [0.25, 0.3) is 0 Å². The second kappa shape index (κ2) is 7.03. The molecule has 2 aromatic heterocycles. The molecule has 1 fully saturated rings. The molecule has 6 nitrogen and oxygen atoms in total. The van der Waals surface area contributed by atoms with Crippen molar-refractivity contribution in [3.8, 4) is 5.88 Å². The third-order valence-corrected chi connectivity index (χ3v) is 4.06. The Balaban J connectivity index is 1.56. The number of rotatable bonds is 7. The van der Waals surface area contributed by atoms with E-state index in [9.17, 15) is 4.79 Å². The summed E-state index contributed by atoms with van der Waals surface area (Å²) in [5, 5.41) is 6.80. The molecule has 1 amide bonds. The van der Waals surface area contributed by atoms with Crippen LogP contribution in [0.2, 0.25) is 0 Å². The third kappa shape index (κ3) is 3.93. The van der Waals surface area contributed by atoms with Crippen LogP contribution >= 0.6 is 0 Å². The maximum absolute atomic E-state index is 12.4. The second-order valence-electron chi connectivity index (χ2n) is 6.60. The van der Waals surface area contributed by atoms with Gasteiger partial charge in [0, 0.05) is 24.7 Å². The highest BCUT2D eigenvalue weighted by molar-refractivity contribution is 5.96. The molecule has 0 bridgehead atoms. The van der Waals surface area contributed by atoms with Crippen LogP contribution in [0.4, 0.5) is 0 Å². The van der Waals surface area contributed by atoms with E-state index in [-0.39, 0.29) is 11.8 Å². The molecule has 1 saturated carbocycles. The standard InChI is InChI=1S/C18H23N3O3/c1-11(2)17-16(12(3)21-24-17)18(22)20-9-14-6-7-15(19-8-14)23-10-13-4-5-13/h6-8,11,13H,4-5,9-10H2,1-3H3,(H,20,22). The van der Waals surface area contributed by atoms with Crippen LogP contribution in [0.1, 0.15) is 60.0 Å². The molecule has 0 aromatic carbocycles. The first-order chi connectivity index (χ1) is 11.5. The number of nitrogens with one attached hydrogen (secondary N) is 1. The lowest BCUT2D eigenvalue weighted by Gasteiger charge is -2.08. The van der Waals surface area contributed by atoms with Gasteiger partial charge in [-0.05, 0) is 31.2 Å². The average molecular weight is 329 g/mol. The number of hydrogen-bond donors (Lipinski definition) is 1. The SMILES string of the molecule is Cc1noc(C(C)C)c1C(=O)NCc1ccc(OCC2CC2)nc1. The van der Waals surface area contributed by atoms with Crippen molar-refractivity contribution in [2.24, 2.45) is 5.92 Å². The van der Waals surface area contributed by atoms with Gasteiger partial charge in [0.2, 0.25) is 5.88 Å². The highest BCUT2D eigenvalue weighted by atomic mass is 16.5. The first kappa shape index (κ1) is 16.5. The summed E-state index contributed by atoms with van der Waals surface area (Å²) < 4.78 is 10.9.